The van der Waals surface area contributed by atoms with Gasteiger partial charge in [0.15, 0.2) is 0 Å². The first kappa shape index (κ1) is 47.3. The van der Waals surface area contributed by atoms with Crippen LogP contribution in [-0.2, 0) is 0 Å². The second kappa shape index (κ2) is 18.7. The van der Waals surface area contributed by atoms with E-state index in [1.54, 1.807) is 0 Å². The SMILES string of the molecule is Cc1cc2c3c(c1)c1ccccc1n3-c1ccccc1B2c1ccccc1.Cc1ccc2c3c1c1ccccc1n3-c1ccccc1B2c1ccccc1.Cc1cccc2c3cccc4c3n(c12)-c1ccccc1B4c1ccccc1. The Morgan fingerprint density at radius 3 is 1.25 bits per heavy atom. The van der Waals surface area contributed by atoms with Crippen LogP contribution < -0.4 is 49.2 Å². The Bertz CT molecular complexity index is 4990. The highest BCUT2D eigenvalue weighted by atomic mass is 15.0. The van der Waals surface area contributed by atoms with Crippen molar-refractivity contribution in [3.05, 3.63) is 290 Å². The fourth-order valence-electron chi connectivity index (χ4n) is 14.6. The summed E-state index contributed by atoms with van der Waals surface area (Å²) in [5, 5.41) is 8.11. The molecule has 0 aliphatic carbocycles. The zero-order valence-corrected chi connectivity index (χ0v) is 45.6. The molecule has 81 heavy (non-hydrogen) atoms. The van der Waals surface area contributed by atoms with Crippen molar-refractivity contribution in [3.63, 3.8) is 0 Å². The molecule has 0 atom stereocenters. The summed E-state index contributed by atoms with van der Waals surface area (Å²) in [5.74, 6) is 0. The largest absolute Gasteiger partial charge is 0.310 e. The molecule has 12 aromatic carbocycles. The van der Waals surface area contributed by atoms with Gasteiger partial charge in [0.25, 0.3) is 0 Å². The van der Waals surface area contributed by atoms with E-state index in [4.69, 9.17) is 0 Å². The molecule has 0 radical (unpaired) electrons. The van der Waals surface area contributed by atoms with Crippen molar-refractivity contribution < 1.29 is 0 Å². The van der Waals surface area contributed by atoms with Gasteiger partial charge in [0.2, 0.25) is 20.1 Å². The lowest BCUT2D eigenvalue weighted by molar-refractivity contribution is 1.18. The van der Waals surface area contributed by atoms with E-state index in [9.17, 15) is 0 Å². The van der Waals surface area contributed by atoms with E-state index in [2.05, 4.69) is 307 Å². The van der Waals surface area contributed by atoms with E-state index in [-0.39, 0.29) is 20.1 Å². The van der Waals surface area contributed by atoms with Crippen molar-refractivity contribution in [2.24, 2.45) is 0 Å². The number of hydrogen-bond acceptors (Lipinski definition) is 0. The molecular formula is C75H54B3N3. The number of aryl methyl sites for hydroxylation is 3. The van der Waals surface area contributed by atoms with E-state index >= 15 is 0 Å². The normalized spacial score (nSPS) is 12.6. The zero-order chi connectivity index (χ0) is 53.9. The fourth-order valence-corrected chi connectivity index (χ4v) is 14.6. The monoisotopic (exact) mass is 1030 g/mol. The van der Waals surface area contributed by atoms with Crippen LogP contribution in [0.3, 0.4) is 0 Å². The average Bonchev–Trinajstić information content (AvgIpc) is 4.39. The van der Waals surface area contributed by atoms with E-state index in [0.29, 0.717) is 0 Å². The van der Waals surface area contributed by atoms with Crippen molar-refractivity contribution in [1.82, 2.24) is 13.7 Å². The molecule has 3 aliphatic heterocycles. The lowest BCUT2D eigenvalue weighted by Crippen LogP contribution is -2.55. The Labute approximate surface area is 473 Å². The maximum absolute atomic E-state index is 2.49. The Balaban J connectivity index is 0.000000100. The van der Waals surface area contributed by atoms with Crippen LogP contribution >= 0.6 is 0 Å². The minimum absolute atomic E-state index is 0.265. The first-order valence-electron chi connectivity index (χ1n) is 28.5. The molecule has 3 nitrogen and oxygen atoms in total. The Hall–Kier alpha value is -9.77. The van der Waals surface area contributed by atoms with E-state index in [1.165, 1.54) is 148 Å². The third-order valence-electron chi connectivity index (χ3n) is 17.8. The molecule has 18 rings (SSSR count). The van der Waals surface area contributed by atoms with Crippen molar-refractivity contribution in [3.8, 4) is 17.1 Å². The molecular weight excluding hydrogens is 975 g/mol. The quantitative estimate of drug-likeness (QED) is 0.157. The van der Waals surface area contributed by atoms with Gasteiger partial charge in [-0.15, -0.1) is 0 Å². The second-order valence-corrected chi connectivity index (χ2v) is 22.4. The van der Waals surface area contributed by atoms with Crippen LogP contribution in [-0.4, -0.2) is 33.8 Å². The molecule has 6 heteroatoms. The number of aromatic nitrogens is 3. The molecule has 0 amide bonds. The summed E-state index contributed by atoms with van der Waals surface area (Å²) in [7, 11) is 0. The third-order valence-corrected chi connectivity index (χ3v) is 17.8. The van der Waals surface area contributed by atoms with E-state index in [1.807, 2.05) is 0 Å². The van der Waals surface area contributed by atoms with Gasteiger partial charge < -0.3 is 13.7 Å². The lowest BCUT2D eigenvalue weighted by atomic mass is 9.35. The molecule has 6 heterocycles. The number of benzene rings is 12. The number of rotatable bonds is 3. The Morgan fingerprint density at radius 1 is 0.247 bits per heavy atom. The minimum atomic E-state index is 0.265. The summed E-state index contributed by atoms with van der Waals surface area (Å²) in [6.45, 7) is 7.46. The summed E-state index contributed by atoms with van der Waals surface area (Å²) in [4.78, 5) is 0. The van der Waals surface area contributed by atoms with Gasteiger partial charge in [0, 0.05) is 65.9 Å². The van der Waals surface area contributed by atoms with Crippen molar-refractivity contribution in [2.45, 2.75) is 20.8 Å². The first-order valence-corrected chi connectivity index (χ1v) is 28.5. The number of para-hydroxylation sites is 7. The maximum Gasteiger partial charge on any atom is 0.246 e. The van der Waals surface area contributed by atoms with E-state index in [0.717, 1.165) is 0 Å². The van der Waals surface area contributed by atoms with Gasteiger partial charge in [-0.25, -0.2) is 0 Å². The molecule has 0 bridgehead atoms. The highest BCUT2D eigenvalue weighted by Crippen LogP contribution is 2.37. The summed E-state index contributed by atoms with van der Waals surface area (Å²) >= 11 is 0. The summed E-state index contributed by atoms with van der Waals surface area (Å²) in [5.41, 5.74) is 28.3. The summed E-state index contributed by atoms with van der Waals surface area (Å²) in [6, 6.07) is 99.7. The molecule has 0 fully saturated rings. The smallest absolute Gasteiger partial charge is 0.246 e. The lowest BCUT2D eigenvalue weighted by Gasteiger charge is -2.27. The maximum atomic E-state index is 2.49. The molecule has 0 saturated carbocycles. The van der Waals surface area contributed by atoms with E-state index < -0.39 is 0 Å². The molecule has 0 N–H and O–H groups in total. The average molecular weight is 1030 g/mol. The molecule has 3 aromatic heterocycles. The van der Waals surface area contributed by atoms with Crippen LogP contribution in [0.4, 0.5) is 0 Å². The van der Waals surface area contributed by atoms with Gasteiger partial charge in [-0.2, -0.15) is 0 Å². The van der Waals surface area contributed by atoms with Crippen LogP contribution in [0.1, 0.15) is 16.7 Å². The summed E-state index contributed by atoms with van der Waals surface area (Å²) < 4.78 is 7.43. The first-order chi connectivity index (χ1) is 40.0. The predicted molar refractivity (Wildman–Crippen MR) is 350 cm³/mol. The van der Waals surface area contributed by atoms with Crippen LogP contribution in [0.2, 0.25) is 0 Å². The standard InChI is InChI=1S/3C25H18BN/c1-17-15-20-19-11-5-7-13-23(19)27-24-14-8-6-12-21(24)26(22(16-17)25(20)27)18-9-3-2-4-10-18;1-17-15-16-21-25-24(17)19-11-5-7-13-22(19)27(25)23-14-8-6-12-20(23)26(21)18-9-3-2-4-10-18;1-17-9-7-12-19-20-13-8-15-22-25(20)27(24(17)19)23-16-6-5-14-21(23)26(22)18-10-3-2-4-11-18/h3*2-16H,1H3. The topological polar surface area (TPSA) is 14.8 Å². The molecule has 0 spiro atoms. The van der Waals surface area contributed by atoms with Gasteiger partial charge in [-0.3, -0.25) is 0 Å². The van der Waals surface area contributed by atoms with Crippen LogP contribution in [0.25, 0.3) is 82.5 Å². The van der Waals surface area contributed by atoms with Gasteiger partial charge in [-0.1, -0.05) is 259 Å². The summed E-state index contributed by atoms with van der Waals surface area (Å²) in [6.07, 6.45) is 0. The van der Waals surface area contributed by atoms with Gasteiger partial charge >= 0.3 is 0 Å². The highest BCUT2D eigenvalue weighted by Gasteiger charge is 2.36. The molecule has 3 aliphatic rings. The third kappa shape index (κ3) is 7.12. The number of nitrogens with zero attached hydrogens (tertiary/aromatic N) is 3. The number of fused-ring (bicyclic) bond motifs is 15. The van der Waals surface area contributed by atoms with Crippen molar-refractivity contribution in [1.29, 1.82) is 0 Å². The Morgan fingerprint density at radius 2 is 0.654 bits per heavy atom. The molecule has 0 saturated heterocycles. The van der Waals surface area contributed by atoms with Crippen LogP contribution in [0, 0.1) is 20.8 Å². The Kier molecular flexibility index (Phi) is 10.9. The minimum Gasteiger partial charge on any atom is -0.310 e. The highest BCUT2D eigenvalue weighted by molar-refractivity contribution is 6.99. The molecule has 15 aromatic rings. The molecule has 378 valence electrons. The molecule has 0 unspecified atom stereocenters. The van der Waals surface area contributed by atoms with Crippen LogP contribution in [0.15, 0.2) is 273 Å². The van der Waals surface area contributed by atoms with Crippen molar-refractivity contribution >= 4 is 135 Å². The van der Waals surface area contributed by atoms with Gasteiger partial charge in [0.1, 0.15) is 0 Å². The number of hydrogen-bond donors (Lipinski definition) is 0. The van der Waals surface area contributed by atoms with Crippen molar-refractivity contribution in [2.75, 3.05) is 0 Å². The predicted octanol–water partition coefficient (Wildman–Crippen LogP) is 11.8. The second-order valence-electron chi connectivity index (χ2n) is 22.4. The zero-order valence-electron chi connectivity index (χ0n) is 45.6. The van der Waals surface area contributed by atoms with Gasteiger partial charge in [0.05, 0.1) is 16.6 Å². The van der Waals surface area contributed by atoms with Crippen LogP contribution in [0.5, 0.6) is 0 Å². The van der Waals surface area contributed by atoms with Gasteiger partial charge in [-0.05, 0) is 101 Å². The fraction of sp³-hybridized carbons (Fsp3) is 0.0400.